The number of carbonyl (C=O) groups excluding carboxylic acids is 1. The van der Waals surface area contributed by atoms with Gasteiger partial charge in [0, 0.05) is 32.2 Å². The molecule has 0 aliphatic carbocycles. The monoisotopic (exact) mass is 387 g/mol. The molecule has 2 aliphatic rings. The summed E-state index contributed by atoms with van der Waals surface area (Å²) in [6.45, 7) is 7.82. The zero-order chi connectivity index (χ0) is 20.1. The molecule has 3 rings (SSSR count). The maximum absolute atomic E-state index is 12.5. The summed E-state index contributed by atoms with van der Waals surface area (Å²) in [5.41, 5.74) is 2.36. The molecular weight excluding hydrogens is 354 g/mol. The molecule has 0 radical (unpaired) electrons. The number of amides is 2. The van der Waals surface area contributed by atoms with E-state index in [2.05, 4.69) is 41.4 Å². The number of rotatable bonds is 5. The zero-order valence-electron chi connectivity index (χ0n) is 17.1. The third-order valence-corrected chi connectivity index (χ3v) is 6.09. The van der Waals surface area contributed by atoms with Gasteiger partial charge in [0.15, 0.2) is 0 Å². The van der Waals surface area contributed by atoms with Crippen LogP contribution in [0.3, 0.4) is 0 Å². The minimum absolute atomic E-state index is 0.177. The van der Waals surface area contributed by atoms with Crippen LogP contribution in [0.1, 0.15) is 50.7 Å². The molecule has 0 spiro atoms. The van der Waals surface area contributed by atoms with Crippen LogP contribution in [0.5, 0.6) is 0 Å². The van der Waals surface area contributed by atoms with Crippen LogP contribution >= 0.6 is 0 Å². The van der Waals surface area contributed by atoms with Gasteiger partial charge in [0.05, 0.1) is 5.92 Å². The summed E-state index contributed by atoms with van der Waals surface area (Å²) in [6, 6.07) is 8.91. The van der Waals surface area contributed by atoms with Crippen molar-refractivity contribution in [2.24, 2.45) is 11.8 Å². The number of piperidine rings is 2. The van der Waals surface area contributed by atoms with Gasteiger partial charge in [-0.2, -0.15) is 0 Å². The lowest BCUT2D eigenvalue weighted by molar-refractivity contribution is -0.143. The van der Waals surface area contributed by atoms with Crippen LogP contribution < -0.4 is 5.32 Å². The molecule has 3 atom stereocenters. The molecule has 6 nitrogen and oxygen atoms in total. The smallest absolute Gasteiger partial charge is 0.317 e. The van der Waals surface area contributed by atoms with E-state index < -0.39 is 11.9 Å². The molecule has 28 heavy (non-hydrogen) atoms. The van der Waals surface area contributed by atoms with E-state index in [1.807, 2.05) is 6.92 Å². The fraction of sp³-hybridized carbons (Fsp3) is 0.636. The van der Waals surface area contributed by atoms with Gasteiger partial charge in [-0.05, 0) is 49.8 Å². The van der Waals surface area contributed by atoms with Gasteiger partial charge >= 0.3 is 12.0 Å². The van der Waals surface area contributed by atoms with E-state index >= 15 is 0 Å². The Hall–Kier alpha value is -2.08. The first kappa shape index (κ1) is 20.6. The number of carboxylic acid groups (broad SMARTS) is 1. The lowest BCUT2D eigenvalue weighted by Crippen LogP contribution is -2.49. The van der Waals surface area contributed by atoms with Gasteiger partial charge in [-0.3, -0.25) is 9.69 Å². The molecule has 2 amide bonds. The number of hydrogen-bond acceptors (Lipinski definition) is 3. The van der Waals surface area contributed by atoms with Crippen LogP contribution in [0.15, 0.2) is 24.3 Å². The Balaban J connectivity index is 1.49. The lowest BCUT2D eigenvalue weighted by Gasteiger charge is -2.34. The summed E-state index contributed by atoms with van der Waals surface area (Å²) in [4.78, 5) is 27.9. The highest BCUT2D eigenvalue weighted by molar-refractivity contribution is 5.76. The molecule has 2 heterocycles. The summed E-state index contributed by atoms with van der Waals surface area (Å²) in [6.07, 6.45) is 4.53. The summed E-state index contributed by atoms with van der Waals surface area (Å²) >= 11 is 0. The van der Waals surface area contributed by atoms with Crippen molar-refractivity contribution in [2.75, 3.05) is 19.6 Å². The molecule has 3 unspecified atom stereocenters. The lowest BCUT2D eigenvalue weighted by atomic mass is 9.91. The Morgan fingerprint density at radius 3 is 2.50 bits per heavy atom. The maximum atomic E-state index is 12.5. The van der Waals surface area contributed by atoms with Crippen molar-refractivity contribution >= 4 is 12.0 Å². The van der Waals surface area contributed by atoms with E-state index in [1.165, 1.54) is 31.4 Å². The standard InChI is InChI=1S/C22H33N3O3/c1-16-11-20(21(26)27)15-25(13-16)22(28)23-12-18-6-8-19(9-7-18)14-24-10-4-3-5-17(24)2/h6-9,16-17,20H,3-5,10-15H2,1-2H3,(H,23,28)(H,26,27). The predicted molar refractivity (Wildman–Crippen MR) is 109 cm³/mol. The average Bonchev–Trinajstić information content (AvgIpc) is 2.68. The molecule has 1 aromatic rings. The number of benzene rings is 1. The van der Waals surface area contributed by atoms with Crippen molar-refractivity contribution in [3.63, 3.8) is 0 Å². The summed E-state index contributed by atoms with van der Waals surface area (Å²) in [5.74, 6) is -1.08. The number of aliphatic carboxylic acids is 1. The second-order valence-electron chi connectivity index (χ2n) is 8.57. The molecule has 1 aromatic carbocycles. The topological polar surface area (TPSA) is 72.9 Å². The number of nitrogens with one attached hydrogen (secondary N) is 1. The Bertz CT molecular complexity index is 676. The highest BCUT2D eigenvalue weighted by Crippen LogP contribution is 2.22. The number of likely N-dealkylation sites (tertiary alicyclic amines) is 2. The van der Waals surface area contributed by atoms with Crippen LogP contribution in [0, 0.1) is 11.8 Å². The molecule has 6 heteroatoms. The van der Waals surface area contributed by atoms with Gasteiger partial charge in [-0.1, -0.05) is 37.6 Å². The first-order valence-electron chi connectivity index (χ1n) is 10.5. The number of urea groups is 1. The molecule has 2 saturated heterocycles. The number of hydrogen-bond donors (Lipinski definition) is 2. The maximum Gasteiger partial charge on any atom is 0.317 e. The highest BCUT2D eigenvalue weighted by Gasteiger charge is 2.31. The van der Waals surface area contributed by atoms with Gasteiger partial charge in [0.25, 0.3) is 0 Å². The zero-order valence-corrected chi connectivity index (χ0v) is 17.1. The Labute approximate surface area is 167 Å². The van der Waals surface area contributed by atoms with Gasteiger partial charge in [-0.25, -0.2) is 4.79 Å². The third kappa shape index (κ3) is 5.47. The van der Waals surface area contributed by atoms with Crippen LogP contribution in [-0.4, -0.2) is 52.6 Å². The van der Waals surface area contributed by atoms with Gasteiger partial charge in [-0.15, -0.1) is 0 Å². The van der Waals surface area contributed by atoms with Crippen LogP contribution in [-0.2, 0) is 17.9 Å². The van der Waals surface area contributed by atoms with Gasteiger partial charge in [0.1, 0.15) is 0 Å². The minimum Gasteiger partial charge on any atom is -0.481 e. The van der Waals surface area contributed by atoms with Gasteiger partial charge < -0.3 is 15.3 Å². The Morgan fingerprint density at radius 1 is 1.11 bits per heavy atom. The SMILES string of the molecule is CC1CC(C(=O)O)CN(C(=O)NCc2ccc(CN3CCCCC3C)cc2)C1. The van der Waals surface area contributed by atoms with E-state index in [9.17, 15) is 14.7 Å². The Kier molecular flexibility index (Phi) is 6.94. The average molecular weight is 388 g/mol. The molecule has 0 bridgehead atoms. The number of nitrogens with zero attached hydrogens (tertiary/aromatic N) is 2. The second-order valence-corrected chi connectivity index (χ2v) is 8.57. The molecule has 0 aromatic heterocycles. The van der Waals surface area contributed by atoms with E-state index in [-0.39, 0.29) is 11.9 Å². The normalized spacial score (nSPS) is 26.1. The van der Waals surface area contributed by atoms with E-state index in [0.29, 0.717) is 32.1 Å². The second kappa shape index (κ2) is 9.41. The molecule has 0 saturated carbocycles. The molecule has 154 valence electrons. The fourth-order valence-electron chi connectivity index (χ4n) is 4.38. The Morgan fingerprint density at radius 2 is 1.82 bits per heavy atom. The summed E-state index contributed by atoms with van der Waals surface area (Å²) in [7, 11) is 0. The van der Waals surface area contributed by atoms with E-state index in [0.717, 1.165) is 12.1 Å². The van der Waals surface area contributed by atoms with Crippen LogP contribution in [0.4, 0.5) is 4.79 Å². The van der Waals surface area contributed by atoms with E-state index in [1.54, 1.807) is 4.90 Å². The molecule has 2 fully saturated rings. The summed E-state index contributed by atoms with van der Waals surface area (Å²) in [5, 5.41) is 12.2. The molecular formula is C22H33N3O3. The molecule has 2 aliphatic heterocycles. The third-order valence-electron chi connectivity index (χ3n) is 6.09. The van der Waals surface area contributed by atoms with Crippen molar-refractivity contribution in [3.8, 4) is 0 Å². The fourth-order valence-corrected chi connectivity index (χ4v) is 4.38. The minimum atomic E-state index is -0.817. The highest BCUT2D eigenvalue weighted by atomic mass is 16.4. The number of carbonyl (C=O) groups is 2. The first-order chi connectivity index (χ1) is 13.4. The van der Waals surface area contributed by atoms with Crippen molar-refractivity contribution in [2.45, 2.75) is 58.7 Å². The van der Waals surface area contributed by atoms with E-state index in [4.69, 9.17) is 0 Å². The van der Waals surface area contributed by atoms with Crippen molar-refractivity contribution in [3.05, 3.63) is 35.4 Å². The van der Waals surface area contributed by atoms with Crippen LogP contribution in [0.2, 0.25) is 0 Å². The largest absolute Gasteiger partial charge is 0.481 e. The first-order valence-corrected chi connectivity index (χ1v) is 10.5. The predicted octanol–water partition coefficient (Wildman–Crippen LogP) is 3.31. The van der Waals surface area contributed by atoms with Crippen molar-refractivity contribution in [1.29, 1.82) is 0 Å². The van der Waals surface area contributed by atoms with Gasteiger partial charge in [0.2, 0.25) is 0 Å². The summed E-state index contributed by atoms with van der Waals surface area (Å²) < 4.78 is 0. The van der Waals surface area contributed by atoms with Crippen molar-refractivity contribution in [1.82, 2.24) is 15.1 Å². The number of carboxylic acids is 1. The van der Waals surface area contributed by atoms with Crippen LogP contribution in [0.25, 0.3) is 0 Å². The molecule has 2 N–H and O–H groups in total. The quantitative estimate of drug-likeness (QED) is 0.813. The van der Waals surface area contributed by atoms with Crippen molar-refractivity contribution < 1.29 is 14.7 Å².